The second-order valence-electron chi connectivity index (χ2n) is 4.57. The lowest BCUT2D eigenvalue weighted by Crippen LogP contribution is -2.42. The molecule has 1 atom stereocenters. The second kappa shape index (κ2) is 5.35. The Morgan fingerprint density at radius 3 is 2.70 bits per heavy atom. The Bertz CT molecular complexity index is 630. The van der Waals surface area contributed by atoms with Crippen LogP contribution in [-0.2, 0) is 10.0 Å². The van der Waals surface area contributed by atoms with Crippen LogP contribution in [0.2, 0.25) is 0 Å². The second-order valence-corrected chi connectivity index (χ2v) is 6.50. The van der Waals surface area contributed by atoms with Gasteiger partial charge >= 0.3 is 5.69 Å². The van der Waals surface area contributed by atoms with Crippen LogP contribution in [0.1, 0.15) is 12.8 Å². The van der Waals surface area contributed by atoms with E-state index in [1.165, 1.54) is 0 Å². The molecule has 1 heterocycles. The molecule has 9 heteroatoms. The van der Waals surface area contributed by atoms with E-state index in [9.17, 15) is 28.7 Å². The number of nitrogens with zero attached hydrogens (tertiary/aromatic N) is 2. The van der Waals surface area contributed by atoms with Crippen LogP contribution in [0.25, 0.3) is 0 Å². The number of nitro benzene ring substituents is 1. The Hall–Kier alpha value is -1.71. The van der Waals surface area contributed by atoms with E-state index in [1.54, 1.807) is 0 Å². The molecule has 0 radical (unpaired) electrons. The standard InChI is InChI=1S/C11H14N2O6S/c14-8-2-1-5-12(7-8)20(18,19)9-3-4-11(15)10(6-9)13(16)17/h3-4,6,8,14-15H,1-2,5,7H2/t8-/m0/s1. The number of phenols is 1. The molecule has 0 bridgehead atoms. The number of aromatic hydroxyl groups is 1. The van der Waals surface area contributed by atoms with Gasteiger partial charge in [0.25, 0.3) is 0 Å². The predicted octanol–water partition coefficient (Wildman–Crippen LogP) is 0.446. The summed E-state index contributed by atoms with van der Waals surface area (Å²) in [7, 11) is -3.91. The van der Waals surface area contributed by atoms with Gasteiger partial charge in [-0.05, 0) is 25.0 Å². The average Bonchev–Trinajstić information content (AvgIpc) is 2.38. The summed E-state index contributed by atoms with van der Waals surface area (Å²) in [6.45, 7) is 0.227. The van der Waals surface area contributed by atoms with Gasteiger partial charge < -0.3 is 10.2 Å². The zero-order chi connectivity index (χ0) is 14.9. The summed E-state index contributed by atoms with van der Waals surface area (Å²) in [6.07, 6.45) is 0.327. The van der Waals surface area contributed by atoms with E-state index < -0.39 is 32.5 Å². The van der Waals surface area contributed by atoms with Crippen LogP contribution in [0.5, 0.6) is 5.75 Å². The molecule has 110 valence electrons. The van der Waals surface area contributed by atoms with E-state index in [4.69, 9.17) is 0 Å². The molecule has 0 amide bonds. The molecule has 8 nitrogen and oxygen atoms in total. The number of β-amino-alcohol motifs (C(OH)–C–C–N with tert-alkyl or cyclic N) is 1. The monoisotopic (exact) mass is 302 g/mol. The maximum Gasteiger partial charge on any atom is 0.312 e. The minimum Gasteiger partial charge on any atom is -0.502 e. The molecule has 1 aliphatic rings. The van der Waals surface area contributed by atoms with Gasteiger partial charge in [-0.1, -0.05) is 0 Å². The van der Waals surface area contributed by atoms with Crippen molar-refractivity contribution >= 4 is 15.7 Å². The first-order valence-electron chi connectivity index (χ1n) is 5.98. The fourth-order valence-corrected chi connectivity index (χ4v) is 3.63. The van der Waals surface area contributed by atoms with Gasteiger partial charge in [0, 0.05) is 19.2 Å². The van der Waals surface area contributed by atoms with Gasteiger partial charge in [-0.2, -0.15) is 4.31 Å². The molecule has 2 rings (SSSR count). The normalized spacial score (nSPS) is 20.8. The summed E-state index contributed by atoms with van der Waals surface area (Å²) in [6, 6.07) is 2.91. The fraction of sp³-hybridized carbons (Fsp3) is 0.455. The van der Waals surface area contributed by atoms with Crippen molar-refractivity contribution in [1.82, 2.24) is 4.31 Å². The molecule has 0 saturated carbocycles. The number of hydrogen-bond donors (Lipinski definition) is 2. The molecule has 0 unspecified atom stereocenters. The minimum absolute atomic E-state index is 0.0307. The minimum atomic E-state index is -3.91. The number of benzene rings is 1. The molecule has 1 aromatic rings. The van der Waals surface area contributed by atoms with Gasteiger partial charge in [0.15, 0.2) is 5.75 Å². The molecular formula is C11H14N2O6S. The van der Waals surface area contributed by atoms with E-state index in [2.05, 4.69) is 0 Å². The summed E-state index contributed by atoms with van der Waals surface area (Å²) in [5, 5.41) is 29.6. The highest BCUT2D eigenvalue weighted by Gasteiger charge is 2.31. The number of rotatable bonds is 3. The van der Waals surface area contributed by atoms with Crippen molar-refractivity contribution in [2.75, 3.05) is 13.1 Å². The first kappa shape index (κ1) is 14.7. The van der Waals surface area contributed by atoms with Gasteiger partial charge in [0.05, 0.1) is 15.9 Å². The highest BCUT2D eigenvalue weighted by atomic mass is 32.2. The molecule has 2 N–H and O–H groups in total. The quantitative estimate of drug-likeness (QED) is 0.617. The molecule has 1 saturated heterocycles. The van der Waals surface area contributed by atoms with Crippen LogP contribution >= 0.6 is 0 Å². The van der Waals surface area contributed by atoms with Crippen molar-refractivity contribution in [3.63, 3.8) is 0 Å². The molecule has 1 aliphatic heterocycles. The summed E-state index contributed by atoms with van der Waals surface area (Å²) in [5.74, 6) is -0.590. The van der Waals surface area contributed by atoms with E-state index in [1.807, 2.05) is 0 Å². The van der Waals surface area contributed by atoms with Crippen LogP contribution in [0.15, 0.2) is 23.1 Å². The maximum atomic E-state index is 12.3. The van der Waals surface area contributed by atoms with Gasteiger partial charge in [-0.25, -0.2) is 8.42 Å². The number of nitro groups is 1. The third-order valence-electron chi connectivity index (χ3n) is 3.14. The van der Waals surface area contributed by atoms with E-state index in [-0.39, 0.29) is 18.0 Å². The zero-order valence-electron chi connectivity index (χ0n) is 10.5. The molecule has 0 aromatic heterocycles. The zero-order valence-corrected chi connectivity index (χ0v) is 11.3. The Labute approximate surface area is 115 Å². The highest BCUT2D eigenvalue weighted by Crippen LogP contribution is 2.30. The lowest BCUT2D eigenvalue weighted by Gasteiger charge is -2.29. The molecule has 20 heavy (non-hydrogen) atoms. The predicted molar refractivity (Wildman–Crippen MR) is 68.8 cm³/mol. The van der Waals surface area contributed by atoms with E-state index >= 15 is 0 Å². The summed E-state index contributed by atoms with van der Waals surface area (Å²) in [4.78, 5) is 9.61. The first-order chi connectivity index (χ1) is 9.32. The Balaban J connectivity index is 2.39. The summed E-state index contributed by atoms with van der Waals surface area (Å²) < 4.78 is 25.8. The van der Waals surface area contributed by atoms with Gasteiger partial charge in [0.2, 0.25) is 10.0 Å². The SMILES string of the molecule is O=[N+]([O-])c1cc(S(=O)(=O)N2CCC[C@H](O)C2)ccc1O. The number of aliphatic hydroxyl groups excluding tert-OH is 1. The van der Waals surface area contributed by atoms with Crippen molar-refractivity contribution in [2.24, 2.45) is 0 Å². The molecule has 1 aromatic carbocycles. The third kappa shape index (κ3) is 2.74. The smallest absolute Gasteiger partial charge is 0.312 e. The third-order valence-corrected chi connectivity index (χ3v) is 5.00. The fourth-order valence-electron chi connectivity index (χ4n) is 2.10. The number of sulfonamides is 1. The van der Waals surface area contributed by atoms with Crippen molar-refractivity contribution in [2.45, 2.75) is 23.8 Å². The van der Waals surface area contributed by atoms with Crippen molar-refractivity contribution in [3.8, 4) is 5.75 Å². The molecule has 0 spiro atoms. The summed E-state index contributed by atoms with van der Waals surface area (Å²) >= 11 is 0. The lowest BCUT2D eigenvalue weighted by molar-refractivity contribution is -0.386. The van der Waals surface area contributed by atoms with E-state index in [0.717, 1.165) is 22.5 Å². The first-order valence-corrected chi connectivity index (χ1v) is 7.42. The molecular weight excluding hydrogens is 288 g/mol. The van der Waals surface area contributed by atoms with Gasteiger partial charge in [-0.15, -0.1) is 0 Å². The van der Waals surface area contributed by atoms with Gasteiger partial charge in [0.1, 0.15) is 0 Å². The number of hydrogen-bond acceptors (Lipinski definition) is 6. The molecule has 1 fully saturated rings. The topological polar surface area (TPSA) is 121 Å². The van der Waals surface area contributed by atoms with Crippen LogP contribution in [0, 0.1) is 10.1 Å². The lowest BCUT2D eigenvalue weighted by atomic mass is 10.1. The maximum absolute atomic E-state index is 12.3. The van der Waals surface area contributed by atoms with Crippen molar-refractivity contribution in [3.05, 3.63) is 28.3 Å². The van der Waals surface area contributed by atoms with Crippen molar-refractivity contribution < 1.29 is 23.6 Å². The highest BCUT2D eigenvalue weighted by molar-refractivity contribution is 7.89. The van der Waals surface area contributed by atoms with Crippen LogP contribution in [0.4, 0.5) is 5.69 Å². The number of phenolic OH excluding ortho intramolecular Hbond substituents is 1. The Morgan fingerprint density at radius 1 is 1.40 bits per heavy atom. The molecule has 0 aliphatic carbocycles. The van der Waals surface area contributed by atoms with Crippen LogP contribution < -0.4 is 0 Å². The average molecular weight is 302 g/mol. The number of aliphatic hydroxyl groups is 1. The largest absolute Gasteiger partial charge is 0.502 e. The van der Waals surface area contributed by atoms with Crippen molar-refractivity contribution in [1.29, 1.82) is 0 Å². The number of piperidine rings is 1. The van der Waals surface area contributed by atoms with Gasteiger partial charge in [-0.3, -0.25) is 10.1 Å². The van der Waals surface area contributed by atoms with Crippen LogP contribution in [-0.4, -0.2) is 47.1 Å². The Kier molecular flexibility index (Phi) is 3.93. The Morgan fingerprint density at radius 2 is 2.10 bits per heavy atom. The van der Waals surface area contributed by atoms with Crippen LogP contribution in [0.3, 0.4) is 0 Å². The summed E-state index contributed by atoms with van der Waals surface area (Å²) in [5.41, 5.74) is -0.663. The van der Waals surface area contributed by atoms with E-state index in [0.29, 0.717) is 12.8 Å².